The van der Waals surface area contributed by atoms with E-state index in [1.54, 1.807) is 23.3 Å². The topological polar surface area (TPSA) is 58.6 Å². The van der Waals surface area contributed by atoms with Crippen LogP contribution in [0.15, 0.2) is 84.2 Å². The van der Waals surface area contributed by atoms with Gasteiger partial charge in [-0.3, -0.25) is 9.59 Å². The van der Waals surface area contributed by atoms with E-state index in [-0.39, 0.29) is 17.9 Å². The fourth-order valence-corrected chi connectivity index (χ4v) is 5.70. The number of carbonyl (C=O) groups is 2. The predicted molar refractivity (Wildman–Crippen MR) is 135 cm³/mol. The SMILES string of the molecule is COCCN1C(=O)c2ccccc2C(C(=O)NCc2cccc3ccccc23)C1c1cccs1. The molecule has 2 heterocycles. The van der Waals surface area contributed by atoms with Gasteiger partial charge in [0.2, 0.25) is 5.91 Å². The number of hydrogen-bond acceptors (Lipinski definition) is 4. The van der Waals surface area contributed by atoms with Crippen molar-refractivity contribution in [1.29, 1.82) is 0 Å². The molecule has 6 heteroatoms. The Morgan fingerprint density at radius 3 is 2.62 bits per heavy atom. The fourth-order valence-electron chi connectivity index (χ4n) is 4.83. The number of nitrogens with zero attached hydrogens (tertiary/aromatic N) is 1. The van der Waals surface area contributed by atoms with Crippen LogP contribution >= 0.6 is 11.3 Å². The molecule has 1 aliphatic rings. The Labute approximate surface area is 203 Å². The largest absolute Gasteiger partial charge is 0.383 e. The zero-order valence-corrected chi connectivity index (χ0v) is 19.8. The number of amides is 2. The summed E-state index contributed by atoms with van der Waals surface area (Å²) in [6, 6.07) is 25.4. The zero-order valence-electron chi connectivity index (χ0n) is 18.9. The van der Waals surface area contributed by atoms with E-state index in [1.165, 1.54) is 0 Å². The number of rotatable bonds is 7. The number of benzene rings is 3. The van der Waals surface area contributed by atoms with Crippen molar-refractivity contribution in [2.24, 2.45) is 0 Å². The van der Waals surface area contributed by atoms with Crippen molar-refractivity contribution in [3.63, 3.8) is 0 Å². The first-order chi connectivity index (χ1) is 16.7. The summed E-state index contributed by atoms with van der Waals surface area (Å²) in [4.78, 5) is 30.1. The van der Waals surface area contributed by atoms with Crippen LogP contribution in [0.3, 0.4) is 0 Å². The average Bonchev–Trinajstić information content (AvgIpc) is 3.41. The van der Waals surface area contributed by atoms with Crippen molar-refractivity contribution in [2.45, 2.75) is 18.5 Å². The monoisotopic (exact) mass is 470 g/mol. The summed E-state index contributed by atoms with van der Waals surface area (Å²) in [6.07, 6.45) is 0. The minimum absolute atomic E-state index is 0.0656. The molecule has 2 atom stereocenters. The lowest BCUT2D eigenvalue weighted by molar-refractivity contribution is -0.124. The van der Waals surface area contributed by atoms with E-state index >= 15 is 0 Å². The zero-order chi connectivity index (χ0) is 23.5. The molecule has 0 fully saturated rings. The highest BCUT2D eigenvalue weighted by atomic mass is 32.1. The Balaban J connectivity index is 1.52. The minimum atomic E-state index is -0.514. The molecule has 0 radical (unpaired) electrons. The summed E-state index contributed by atoms with van der Waals surface area (Å²) >= 11 is 1.57. The fraction of sp³-hybridized carbons (Fsp3) is 0.214. The molecule has 3 aromatic carbocycles. The summed E-state index contributed by atoms with van der Waals surface area (Å²) in [5, 5.41) is 7.44. The van der Waals surface area contributed by atoms with Gasteiger partial charge in [0, 0.05) is 30.6 Å². The summed E-state index contributed by atoms with van der Waals surface area (Å²) in [7, 11) is 1.62. The molecule has 172 valence electrons. The highest BCUT2D eigenvalue weighted by Crippen LogP contribution is 2.44. The minimum Gasteiger partial charge on any atom is -0.383 e. The van der Waals surface area contributed by atoms with E-state index in [9.17, 15) is 9.59 Å². The maximum Gasteiger partial charge on any atom is 0.254 e. The molecule has 0 aliphatic carbocycles. The molecule has 5 rings (SSSR count). The van der Waals surface area contributed by atoms with Crippen molar-refractivity contribution in [1.82, 2.24) is 10.2 Å². The highest BCUT2D eigenvalue weighted by Gasteiger charge is 2.44. The standard InChI is InChI=1S/C28H26N2O3S/c1-33-16-15-30-26(24-14-7-17-34-24)25(22-12-4-5-13-23(22)28(30)32)27(31)29-18-20-10-6-9-19-8-2-3-11-21(19)20/h2-14,17,25-26H,15-16,18H2,1H3,(H,29,31). The van der Waals surface area contributed by atoms with Gasteiger partial charge in [-0.1, -0.05) is 66.7 Å². The first-order valence-corrected chi connectivity index (χ1v) is 12.2. The van der Waals surface area contributed by atoms with Crippen LogP contribution in [0.2, 0.25) is 0 Å². The molecular weight excluding hydrogens is 444 g/mol. The van der Waals surface area contributed by atoms with Crippen LogP contribution in [0.4, 0.5) is 0 Å². The first-order valence-electron chi connectivity index (χ1n) is 11.4. The third-order valence-electron chi connectivity index (χ3n) is 6.43. The van der Waals surface area contributed by atoms with Crippen LogP contribution < -0.4 is 5.32 Å². The van der Waals surface area contributed by atoms with Crippen molar-refractivity contribution in [3.8, 4) is 0 Å². The van der Waals surface area contributed by atoms with Crippen LogP contribution in [0.5, 0.6) is 0 Å². The molecule has 2 unspecified atom stereocenters. The van der Waals surface area contributed by atoms with Crippen LogP contribution in [-0.2, 0) is 16.1 Å². The molecule has 0 saturated heterocycles. The normalized spacial score (nSPS) is 17.6. The van der Waals surface area contributed by atoms with Gasteiger partial charge in [0.15, 0.2) is 0 Å². The molecular formula is C28H26N2O3S. The van der Waals surface area contributed by atoms with Crippen LogP contribution in [0, 0.1) is 0 Å². The number of ether oxygens (including phenoxy) is 1. The van der Waals surface area contributed by atoms with Crippen LogP contribution in [0.1, 0.15) is 38.3 Å². The number of fused-ring (bicyclic) bond motifs is 2. The van der Waals surface area contributed by atoms with Gasteiger partial charge in [-0.15, -0.1) is 11.3 Å². The maximum atomic E-state index is 13.8. The second-order valence-electron chi connectivity index (χ2n) is 8.37. The number of hydrogen-bond donors (Lipinski definition) is 1. The lowest BCUT2D eigenvalue weighted by Crippen LogP contribution is -2.48. The van der Waals surface area contributed by atoms with Gasteiger partial charge in [-0.2, -0.15) is 0 Å². The molecule has 1 aliphatic heterocycles. The van der Waals surface area contributed by atoms with Gasteiger partial charge in [-0.25, -0.2) is 0 Å². The van der Waals surface area contributed by atoms with Gasteiger partial charge in [0.1, 0.15) is 0 Å². The Morgan fingerprint density at radius 2 is 1.79 bits per heavy atom. The van der Waals surface area contributed by atoms with Crippen molar-refractivity contribution in [3.05, 3.63) is 106 Å². The third-order valence-corrected chi connectivity index (χ3v) is 7.37. The van der Waals surface area contributed by atoms with E-state index in [4.69, 9.17) is 4.74 Å². The summed E-state index contributed by atoms with van der Waals surface area (Å²) in [5.74, 6) is -0.669. The Hall–Kier alpha value is -3.48. The smallest absolute Gasteiger partial charge is 0.254 e. The number of methoxy groups -OCH3 is 1. The summed E-state index contributed by atoms with van der Waals surface area (Å²) in [6.45, 7) is 1.24. The molecule has 4 aromatic rings. The van der Waals surface area contributed by atoms with Gasteiger partial charge >= 0.3 is 0 Å². The van der Waals surface area contributed by atoms with Crippen molar-refractivity contribution >= 4 is 33.9 Å². The number of thiophene rings is 1. The maximum absolute atomic E-state index is 13.8. The average molecular weight is 471 g/mol. The Bertz CT molecular complexity index is 1310. The summed E-state index contributed by atoms with van der Waals surface area (Å²) < 4.78 is 5.30. The van der Waals surface area contributed by atoms with E-state index in [1.807, 2.05) is 66.0 Å². The number of nitrogens with one attached hydrogen (secondary N) is 1. The molecule has 0 saturated carbocycles. The quantitative estimate of drug-likeness (QED) is 0.407. The van der Waals surface area contributed by atoms with Crippen LogP contribution in [-0.4, -0.2) is 37.0 Å². The van der Waals surface area contributed by atoms with Crippen molar-refractivity contribution < 1.29 is 14.3 Å². The van der Waals surface area contributed by atoms with E-state index < -0.39 is 5.92 Å². The van der Waals surface area contributed by atoms with Gasteiger partial charge in [-0.05, 0) is 39.4 Å². The van der Waals surface area contributed by atoms with Gasteiger partial charge < -0.3 is 15.0 Å². The second kappa shape index (κ2) is 9.79. The Morgan fingerprint density at radius 1 is 1.00 bits per heavy atom. The van der Waals surface area contributed by atoms with E-state index in [0.29, 0.717) is 25.3 Å². The lowest BCUT2D eigenvalue weighted by Gasteiger charge is -2.41. The first kappa shape index (κ1) is 22.3. The molecule has 2 amide bonds. The predicted octanol–water partition coefficient (Wildman–Crippen LogP) is 5.14. The molecule has 5 nitrogen and oxygen atoms in total. The molecule has 0 spiro atoms. The lowest BCUT2D eigenvalue weighted by atomic mass is 9.81. The summed E-state index contributed by atoms with van der Waals surface area (Å²) in [5.41, 5.74) is 2.42. The van der Waals surface area contributed by atoms with Gasteiger partial charge in [0.25, 0.3) is 5.91 Å². The molecule has 0 bridgehead atoms. The molecule has 34 heavy (non-hydrogen) atoms. The third kappa shape index (κ3) is 4.11. The number of carbonyl (C=O) groups excluding carboxylic acids is 2. The second-order valence-corrected chi connectivity index (χ2v) is 9.35. The van der Waals surface area contributed by atoms with Crippen LogP contribution in [0.25, 0.3) is 10.8 Å². The highest BCUT2D eigenvalue weighted by molar-refractivity contribution is 7.10. The Kier molecular flexibility index (Phi) is 6.43. The van der Waals surface area contributed by atoms with Gasteiger partial charge in [0.05, 0.1) is 18.6 Å². The van der Waals surface area contributed by atoms with E-state index in [0.717, 1.165) is 26.8 Å². The van der Waals surface area contributed by atoms with Crippen molar-refractivity contribution in [2.75, 3.05) is 20.3 Å². The molecule has 1 aromatic heterocycles. The van der Waals surface area contributed by atoms with E-state index in [2.05, 4.69) is 23.5 Å². The molecule has 1 N–H and O–H groups in total.